The third kappa shape index (κ3) is 2.89. The number of likely N-dealkylation sites (tertiary alicyclic amines) is 1. The van der Waals surface area contributed by atoms with Crippen LogP contribution in [0.25, 0.3) is 0 Å². The van der Waals surface area contributed by atoms with E-state index in [0.717, 1.165) is 43.6 Å². The summed E-state index contributed by atoms with van der Waals surface area (Å²) in [5, 5.41) is 0. The summed E-state index contributed by atoms with van der Waals surface area (Å²) in [6, 6.07) is 7.80. The third-order valence-electron chi connectivity index (χ3n) is 4.53. The molecule has 1 amide bonds. The Morgan fingerprint density at radius 3 is 2.62 bits per heavy atom. The van der Waals surface area contributed by atoms with Gasteiger partial charge in [0, 0.05) is 31.7 Å². The number of nitrogens with zero attached hydrogens (tertiary/aromatic N) is 2. The Morgan fingerprint density at radius 2 is 2.00 bits per heavy atom. The lowest BCUT2D eigenvalue weighted by atomic mass is 9.88. The topological polar surface area (TPSA) is 58.8 Å². The average Bonchev–Trinajstić information content (AvgIpc) is 2.47. The average molecular weight is 289 g/mol. The van der Waals surface area contributed by atoms with Crippen LogP contribution in [0.3, 0.4) is 0 Å². The van der Waals surface area contributed by atoms with Crippen molar-refractivity contribution in [2.24, 2.45) is 5.73 Å². The summed E-state index contributed by atoms with van der Waals surface area (Å²) in [7, 11) is 2.09. The van der Waals surface area contributed by atoms with Crippen LogP contribution in [-0.4, -0.2) is 43.3 Å². The van der Waals surface area contributed by atoms with Crippen LogP contribution in [0.5, 0.6) is 0 Å². The van der Waals surface area contributed by atoms with E-state index in [-0.39, 0.29) is 11.7 Å². The number of amides is 1. The Morgan fingerprint density at radius 1 is 1.24 bits per heavy atom. The molecule has 2 aliphatic rings. The number of piperidine rings is 1. The van der Waals surface area contributed by atoms with Gasteiger partial charge < -0.3 is 15.4 Å². The van der Waals surface area contributed by atoms with Crippen molar-refractivity contribution in [1.82, 2.24) is 4.90 Å². The third-order valence-corrected chi connectivity index (χ3v) is 4.53. The van der Waals surface area contributed by atoms with Gasteiger partial charge in [-0.15, -0.1) is 0 Å². The summed E-state index contributed by atoms with van der Waals surface area (Å²) in [4.78, 5) is 16.4. The van der Waals surface area contributed by atoms with Crippen molar-refractivity contribution < 1.29 is 9.53 Å². The van der Waals surface area contributed by atoms with Gasteiger partial charge in [-0.05, 0) is 44.1 Å². The molecule has 5 heteroatoms. The van der Waals surface area contributed by atoms with E-state index in [1.807, 2.05) is 24.3 Å². The Bertz CT molecular complexity index is 517. The van der Waals surface area contributed by atoms with Gasteiger partial charge in [0.25, 0.3) is 0 Å². The zero-order valence-corrected chi connectivity index (χ0v) is 12.5. The molecule has 21 heavy (non-hydrogen) atoms. The van der Waals surface area contributed by atoms with Crippen LogP contribution in [-0.2, 0) is 11.3 Å². The maximum Gasteiger partial charge on any atom is 0.414 e. The standard InChI is InChI=1S/C16H23N3O2/c1-18-9-2-7-16(12-18)8-10-19(15(20)21-16)14-5-3-13(11-17)4-6-14/h3-6H,2,7-12,17H2,1H3. The highest BCUT2D eigenvalue weighted by molar-refractivity contribution is 5.88. The maximum absolute atomic E-state index is 12.4. The van der Waals surface area contributed by atoms with E-state index >= 15 is 0 Å². The van der Waals surface area contributed by atoms with Crippen molar-refractivity contribution in [3.05, 3.63) is 29.8 Å². The minimum atomic E-state index is -0.280. The van der Waals surface area contributed by atoms with Gasteiger partial charge >= 0.3 is 6.09 Å². The molecule has 0 aliphatic carbocycles. The minimum Gasteiger partial charge on any atom is -0.441 e. The lowest BCUT2D eigenvalue weighted by Gasteiger charge is -2.45. The number of rotatable bonds is 2. The molecule has 2 fully saturated rings. The van der Waals surface area contributed by atoms with Crippen molar-refractivity contribution in [2.45, 2.75) is 31.4 Å². The summed E-state index contributed by atoms with van der Waals surface area (Å²) < 4.78 is 5.83. The lowest BCUT2D eigenvalue weighted by Crippen LogP contribution is -2.56. The Kier molecular flexibility index (Phi) is 3.87. The van der Waals surface area contributed by atoms with Crippen LogP contribution in [0.4, 0.5) is 10.5 Å². The molecule has 2 heterocycles. The molecular formula is C16H23N3O2. The van der Waals surface area contributed by atoms with Gasteiger partial charge in [0.2, 0.25) is 0 Å². The van der Waals surface area contributed by atoms with Crippen LogP contribution in [0.1, 0.15) is 24.8 Å². The van der Waals surface area contributed by atoms with E-state index < -0.39 is 0 Å². The molecule has 5 nitrogen and oxygen atoms in total. The van der Waals surface area contributed by atoms with E-state index in [1.54, 1.807) is 4.90 Å². The molecule has 2 N–H and O–H groups in total. The van der Waals surface area contributed by atoms with Gasteiger partial charge in [-0.25, -0.2) is 4.79 Å². The van der Waals surface area contributed by atoms with Gasteiger partial charge in [-0.3, -0.25) is 4.90 Å². The SMILES string of the molecule is CN1CCCC2(CCN(c3ccc(CN)cc3)C(=O)O2)C1. The van der Waals surface area contributed by atoms with Crippen molar-refractivity contribution >= 4 is 11.8 Å². The van der Waals surface area contributed by atoms with E-state index in [2.05, 4.69) is 11.9 Å². The van der Waals surface area contributed by atoms with Crippen LogP contribution < -0.4 is 10.6 Å². The number of carbonyl (C=O) groups is 1. The molecule has 1 spiro atoms. The van der Waals surface area contributed by atoms with Crippen LogP contribution in [0.2, 0.25) is 0 Å². The second kappa shape index (κ2) is 5.66. The Hall–Kier alpha value is -1.59. The fraction of sp³-hybridized carbons (Fsp3) is 0.562. The second-order valence-corrected chi connectivity index (χ2v) is 6.16. The molecule has 2 saturated heterocycles. The zero-order chi connectivity index (χ0) is 14.9. The number of hydrogen-bond donors (Lipinski definition) is 1. The largest absolute Gasteiger partial charge is 0.441 e. The van der Waals surface area contributed by atoms with E-state index in [1.165, 1.54) is 0 Å². The highest BCUT2D eigenvalue weighted by Gasteiger charge is 2.43. The molecule has 0 saturated carbocycles. The number of benzene rings is 1. The van der Waals surface area contributed by atoms with Gasteiger partial charge in [-0.2, -0.15) is 0 Å². The number of anilines is 1. The van der Waals surface area contributed by atoms with Crippen LogP contribution in [0, 0.1) is 0 Å². The van der Waals surface area contributed by atoms with Crippen molar-refractivity contribution in [1.29, 1.82) is 0 Å². The highest BCUT2D eigenvalue weighted by atomic mass is 16.6. The first-order valence-electron chi connectivity index (χ1n) is 7.60. The summed E-state index contributed by atoms with van der Waals surface area (Å²) in [6.07, 6.45) is 2.73. The first-order valence-corrected chi connectivity index (χ1v) is 7.60. The predicted octanol–water partition coefficient (Wildman–Crippen LogP) is 1.96. The molecule has 0 radical (unpaired) electrons. The van der Waals surface area contributed by atoms with E-state index in [0.29, 0.717) is 13.1 Å². The smallest absolute Gasteiger partial charge is 0.414 e. The first-order chi connectivity index (χ1) is 10.1. The van der Waals surface area contributed by atoms with Crippen molar-refractivity contribution in [3.8, 4) is 0 Å². The van der Waals surface area contributed by atoms with Crippen molar-refractivity contribution in [3.63, 3.8) is 0 Å². The fourth-order valence-electron chi connectivity index (χ4n) is 3.35. The Balaban J connectivity index is 1.72. The molecular weight excluding hydrogens is 266 g/mol. The Labute approximate surface area is 125 Å². The summed E-state index contributed by atoms with van der Waals surface area (Å²) in [6.45, 7) is 3.16. The molecule has 1 aromatic carbocycles. The number of likely N-dealkylation sites (N-methyl/N-ethyl adjacent to an activating group) is 1. The normalized spacial score (nSPS) is 27.0. The fourth-order valence-corrected chi connectivity index (χ4v) is 3.35. The van der Waals surface area contributed by atoms with Crippen LogP contribution in [0.15, 0.2) is 24.3 Å². The summed E-state index contributed by atoms with van der Waals surface area (Å²) in [5.41, 5.74) is 7.27. The van der Waals surface area contributed by atoms with E-state index in [9.17, 15) is 4.79 Å². The quantitative estimate of drug-likeness (QED) is 0.904. The monoisotopic (exact) mass is 289 g/mol. The molecule has 114 valence electrons. The number of hydrogen-bond acceptors (Lipinski definition) is 4. The molecule has 1 atom stereocenters. The lowest BCUT2D eigenvalue weighted by molar-refractivity contribution is -0.0499. The zero-order valence-electron chi connectivity index (χ0n) is 12.5. The molecule has 3 rings (SSSR count). The first kappa shape index (κ1) is 14.4. The molecule has 0 aromatic heterocycles. The van der Waals surface area contributed by atoms with Gasteiger partial charge in [0.05, 0.1) is 0 Å². The molecule has 2 aliphatic heterocycles. The van der Waals surface area contributed by atoms with Gasteiger partial charge in [0.15, 0.2) is 0 Å². The molecule has 0 bridgehead atoms. The summed E-state index contributed by atoms with van der Waals surface area (Å²) >= 11 is 0. The highest BCUT2D eigenvalue weighted by Crippen LogP contribution is 2.34. The maximum atomic E-state index is 12.4. The molecule has 1 unspecified atom stereocenters. The number of carbonyl (C=O) groups excluding carboxylic acids is 1. The predicted molar refractivity (Wildman–Crippen MR) is 82.2 cm³/mol. The molecule has 1 aromatic rings. The summed E-state index contributed by atoms with van der Waals surface area (Å²) in [5.74, 6) is 0. The number of ether oxygens (including phenoxy) is 1. The minimum absolute atomic E-state index is 0.225. The van der Waals surface area contributed by atoms with Gasteiger partial charge in [0.1, 0.15) is 5.60 Å². The number of nitrogens with two attached hydrogens (primary N) is 1. The van der Waals surface area contributed by atoms with Crippen LogP contribution >= 0.6 is 0 Å². The van der Waals surface area contributed by atoms with Crippen molar-refractivity contribution in [2.75, 3.05) is 31.6 Å². The van der Waals surface area contributed by atoms with E-state index in [4.69, 9.17) is 10.5 Å². The second-order valence-electron chi connectivity index (χ2n) is 6.16. The van der Waals surface area contributed by atoms with Gasteiger partial charge in [-0.1, -0.05) is 12.1 Å².